The Balaban J connectivity index is 0.00000196. The van der Waals surface area contributed by atoms with Gasteiger partial charge >= 0.3 is 0 Å². The molecule has 1 rings (SSSR count). The van der Waals surface area contributed by atoms with Gasteiger partial charge in [0.15, 0.2) is 0 Å². The van der Waals surface area contributed by atoms with Crippen LogP contribution in [0.3, 0.4) is 0 Å². The first-order chi connectivity index (χ1) is 7.00. The number of hydrogen-bond acceptors (Lipinski definition) is 0. The van der Waals surface area contributed by atoms with E-state index < -0.39 is 0 Å². The fourth-order valence-electron chi connectivity index (χ4n) is 1.32. The van der Waals surface area contributed by atoms with Crippen molar-refractivity contribution in [3.8, 4) is 0 Å². The smallest absolute Gasteiger partial charge is 0 e. The Morgan fingerprint density at radius 2 is 0.667 bits per heavy atom. The van der Waals surface area contributed by atoms with Gasteiger partial charge in [-0.05, 0) is 0 Å². The molecule has 0 aliphatic carbocycles. The SMILES string of the molecule is C1C[N-]CC[N-]CCC[N-]CC[N-]C1.[Cu]. The summed E-state index contributed by atoms with van der Waals surface area (Å²) < 4.78 is 0. The van der Waals surface area contributed by atoms with Crippen molar-refractivity contribution in [3.63, 3.8) is 0 Å². The van der Waals surface area contributed by atoms with E-state index in [1.54, 1.807) is 0 Å². The average molecular weight is 260 g/mol. The second kappa shape index (κ2) is 12.4. The van der Waals surface area contributed by atoms with E-state index >= 15 is 0 Å². The molecule has 1 radical (unpaired) electrons. The van der Waals surface area contributed by atoms with E-state index in [1.165, 1.54) is 0 Å². The quantitative estimate of drug-likeness (QED) is 0.600. The van der Waals surface area contributed by atoms with Gasteiger partial charge in [0, 0.05) is 17.1 Å². The molecule has 0 aromatic heterocycles. The largest absolute Gasteiger partial charge is 0.664 e. The molecule has 15 heavy (non-hydrogen) atoms. The van der Waals surface area contributed by atoms with Gasteiger partial charge in [-0.3, -0.25) is 0 Å². The second-order valence-electron chi connectivity index (χ2n) is 3.39. The molecule has 0 aromatic rings. The predicted octanol–water partition coefficient (Wildman–Crippen LogP) is 2.27. The minimum Gasteiger partial charge on any atom is -0.664 e. The molecule has 1 aliphatic heterocycles. The Morgan fingerprint density at radius 3 is 0.933 bits per heavy atom. The minimum absolute atomic E-state index is 0. The zero-order valence-electron chi connectivity index (χ0n) is 9.16. The molecule has 1 aliphatic rings. The number of nitrogens with zero attached hydrogens (tertiary/aromatic N) is 4. The monoisotopic (exact) mass is 259 g/mol. The molecule has 0 spiro atoms. The number of rotatable bonds is 0. The maximum absolute atomic E-state index is 4.38. The van der Waals surface area contributed by atoms with E-state index in [1.807, 2.05) is 0 Å². The van der Waals surface area contributed by atoms with Crippen LogP contribution in [0.2, 0.25) is 0 Å². The summed E-state index contributed by atoms with van der Waals surface area (Å²) in [6.07, 6.45) is 2.17. The summed E-state index contributed by atoms with van der Waals surface area (Å²) in [5, 5.41) is 17.5. The predicted molar refractivity (Wildman–Crippen MR) is 61.6 cm³/mol. The molecular formula is C10H20CuN4-4. The molecule has 0 bridgehead atoms. The van der Waals surface area contributed by atoms with Gasteiger partial charge in [0.25, 0.3) is 0 Å². The van der Waals surface area contributed by atoms with Crippen LogP contribution in [0.5, 0.6) is 0 Å². The molecule has 5 heteroatoms. The maximum Gasteiger partial charge on any atom is 0 e. The van der Waals surface area contributed by atoms with Crippen LogP contribution in [0.15, 0.2) is 0 Å². The zero-order chi connectivity index (χ0) is 9.90. The molecule has 1 saturated heterocycles. The van der Waals surface area contributed by atoms with Gasteiger partial charge in [-0.2, -0.15) is 52.4 Å². The van der Waals surface area contributed by atoms with Crippen molar-refractivity contribution in [3.05, 3.63) is 21.3 Å². The van der Waals surface area contributed by atoms with Gasteiger partial charge in [-0.15, -0.1) is 0 Å². The Morgan fingerprint density at radius 1 is 0.400 bits per heavy atom. The molecule has 1 fully saturated rings. The van der Waals surface area contributed by atoms with Gasteiger partial charge < -0.3 is 21.3 Å². The first kappa shape index (κ1) is 15.4. The standard InChI is InChI=1S/C10H20N4.Cu/c1-3-11-7-9-13-5-2-6-14-10-8-12-4-1;/h1-10H2;/q-4;. The fraction of sp³-hybridized carbons (Fsp3) is 1.00. The summed E-state index contributed by atoms with van der Waals surface area (Å²) in [5.74, 6) is 0. The first-order valence-electron chi connectivity index (χ1n) is 5.53. The van der Waals surface area contributed by atoms with Gasteiger partial charge in [0.05, 0.1) is 0 Å². The fourth-order valence-corrected chi connectivity index (χ4v) is 1.32. The van der Waals surface area contributed by atoms with Crippen molar-refractivity contribution in [2.45, 2.75) is 12.8 Å². The van der Waals surface area contributed by atoms with E-state index in [9.17, 15) is 0 Å². The molecule has 95 valence electrons. The summed E-state index contributed by atoms with van der Waals surface area (Å²) in [7, 11) is 0. The topological polar surface area (TPSA) is 56.4 Å². The number of hydrogen-bond donors (Lipinski definition) is 0. The molecule has 0 amide bonds. The van der Waals surface area contributed by atoms with Gasteiger partial charge in [-0.25, -0.2) is 0 Å². The van der Waals surface area contributed by atoms with Gasteiger partial charge in [0.1, 0.15) is 0 Å². The van der Waals surface area contributed by atoms with E-state index in [2.05, 4.69) is 21.3 Å². The Bertz CT molecular complexity index is 70.7. The Labute approximate surface area is 104 Å². The van der Waals surface area contributed by atoms with Crippen molar-refractivity contribution in [1.29, 1.82) is 0 Å². The van der Waals surface area contributed by atoms with E-state index in [4.69, 9.17) is 0 Å². The Kier molecular flexibility index (Phi) is 12.7. The van der Waals surface area contributed by atoms with Crippen LogP contribution >= 0.6 is 0 Å². The van der Waals surface area contributed by atoms with Crippen LogP contribution in [0.1, 0.15) is 12.8 Å². The third-order valence-corrected chi connectivity index (χ3v) is 2.10. The first-order valence-corrected chi connectivity index (χ1v) is 5.53. The van der Waals surface area contributed by atoms with Crippen molar-refractivity contribution < 1.29 is 17.1 Å². The van der Waals surface area contributed by atoms with Crippen LogP contribution in [-0.4, -0.2) is 52.4 Å². The molecule has 0 atom stereocenters. The average Bonchev–Trinajstić information content (AvgIpc) is 2.22. The summed E-state index contributed by atoms with van der Waals surface area (Å²) >= 11 is 0. The summed E-state index contributed by atoms with van der Waals surface area (Å²) in [6.45, 7) is 7.31. The molecule has 0 N–H and O–H groups in total. The van der Waals surface area contributed by atoms with Crippen LogP contribution in [0.4, 0.5) is 0 Å². The minimum atomic E-state index is 0. The molecule has 0 unspecified atom stereocenters. The second-order valence-corrected chi connectivity index (χ2v) is 3.39. The van der Waals surface area contributed by atoms with Crippen molar-refractivity contribution in [1.82, 2.24) is 0 Å². The van der Waals surface area contributed by atoms with E-state index in [-0.39, 0.29) is 17.1 Å². The third kappa shape index (κ3) is 10.6. The summed E-state index contributed by atoms with van der Waals surface area (Å²) in [6, 6.07) is 0. The van der Waals surface area contributed by atoms with Gasteiger partial charge in [0.2, 0.25) is 0 Å². The summed E-state index contributed by atoms with van der Waals surface area (Å²) in [4.78, 5) is 0. The van der Waals surface area contributed by atoms with Crippen LogP contribution in [0.25, 0.3) is 21.3 Å². The molecule has 1 heterocycles. The molecular weight excluding hydrogens is 240 g/mol. The van der Waals surface area contributed by atoms with Crippen LogP contribution in [-0.2, 0) is 17.1 Å². The van der Waals surface area contributed by atoms with Gasteiger partial charge in [-0.1, -0.05) is 12.8 Å². The molecule has 0 saturated carbocycles. The van der Waals surface area contributed by atoms with E-state index in [0.29, 0.717) is 0 Å². The third-order valence-electron chi connectivity index (χ3n) is 2.10. The molecule has 0 aromatic carbocycles. The Hall–Kier alpha value is 0.359. The van der Waals surface area contributed by atoms with E-state index in [0.717, 1.165) is 65.2 Å². The van der Waals surface area contributed by atoms with Crippen LogP contribution < -0.4 is 0 Å². The normalized spacial score (nSPS) is 22.4. The summed E-state index contributed by atoms with van der Waals surface area (Å²) in [5.41, 5.74) is 0. The zero-order valence-corrected chi connectivity index (χ0v) is 10.1. The van der Waals surface area contributed by atoms with Crippen molar-refractivity contribution >= 4 is 0 Å². The molecule has 4 nitrogen and oxygen atoms in total. The van der Waals surface area contributed by atoms with Crippen molar-refractivity contribution in [2.24, 2.45) is 0 Å². The van der Waals surface area contributed by atoms with Crippen LogP contribution in [0, 0.1) is 0 Å². The van der Waals surface area contributed by atoms with Crippen molar-refractivity contribution in [2.75, 3.05) is 52.4 Å². The maximum atomic E-state index is 4.38.